The quantitative estimate of drug-likeness (QED) is 0.761. The number of hydrogen-bond acceptors (Lipinski definition) is 2. The Kier molecular flexibility index (Phi) is 4.98. The Bertz CT molecular complexity index is 449. The Hall–Kier alpha value is -1.15. The number of carbonyl (C=O) groups is 1. The minimum absolute atomic E-state index is 0.00577. The lowest BCUT2D eigenvalue weighted by Gasteiger charge is -2.24. The lowest BCUT2D eigenvalue weighted by atomic mass is 9.95. The molecule has 2 rings (SSSR count). The molecular formula is C18H27NO. The molecule has 0 N–H and O–H groups in total. The van der Waals surface area contributed by atoms with Crippen LogP contribution in [0.4, 0.5) is 0 Å². The van der Waals surface area contributed by atoms with Crippen molar-refractivity contribution in [2.24, 2.45) is 11.8 Å². The van der Waals surface area contributed by atoms with E-state index in [-0.39, 0.29) is 11.8 Å². The molecule has 110 valence electrons. The van der Waals surface area contributed by atoms with Crippen molar-refractivity contribution in [1.29, 1.82) is 0 Å². The van der Waals surface area contributed by atoms with Gasteiger partial charge in [0.15, 0.2) is 5.78 Å². The molecule has 1 aliphatic heterocycles. The predicted molar refractivity (Wildman–Crippen MR) is 84.1 cm³/mol. The molecule has 1 aliphatic rings. The van der Waals surface area contributed by atoms with E-state index in [1.165, 1.54) is 12.0 Å². The minimum atomic E-state index is 0.00577. The Labute approximate surface area is 123 Å². The number of benzene rings is 1. The third-order valence-corrected chi connectivity index (χ3v) is 4.77. The number of ketones is 1. The Morgan fingerprint density at radius 3 is 2.40 bits per heavy atom. The van der Waals surface area contributed by atoms with E-state index in [9.17, 15) is 4.79 Å². The van der Waals surface area contributed by atoms with Gasteiger partial charge in [-0.1, -0.05) is 45.0 Å². The first-order valence-corrected chi connectivity index (χ1v) is 7.90. The summed E-state index contributed by atoms with van der Waals surface area (Å²) in [5.41, 5.74) is 2.14. The van der Waals surface area contributed by atoms with Crippen molar-refractivity contribution in [1.82, 2.24) is 4.90 Å². The second-order valence-electron chi connectivity index (χ2n) is 6.38. The van der Waals surface area contributed by atoms with Crippen LogP contribution < -0.4 is 0 Å². The van der Waals surface area contributed by atoms with Gasteiger partial charge < -0.3 is 0 Å². The highest BCUT2D eigenvalue weighted by Crippen LogP contribution is 2.26. The number of aryl methyl sites for hydroxylation is 1. The van der Waals surface area contributed by atoms with Crippen molar-refractivity contribution >= 4 is 5.78 Å². The first kappa shape index (κ1) is 15.2. The molecule has 0 bridgehead atoms. The van der Waals surface area contributed by atoms with Crippen LogP contribution in [0.1, 0.15) is 50.0 Å². The third-order valence-electron chi connectivity index (χ3n) is 4.77. The van der Waals surface area contributed by atoms with Gasteiger partial charge in [0.1, 0.15) is 0 Å². The molecular weight excluding hydrogens is 246 g/mol. The van der Waals surface area contributed by atoms with Crippen LogP contribution in [0, 0.1) is 11.8 Å². The van der Waals surface area contributed by atoms with E-state index in [4.69, 9.17) is 0 Å². The van der Waals surface area contributed by atoms with Gasteiger partial charge >= 0.3 is 0 Å². The molecule has 0 spiro atoms. The zero-order chi connectivity index (χ0) is 14.7. The lowest BCUT2D eigenvalue weighted by molar-refractivity contribution is 0.0860. The van der Waals surface area contributed by atoms with Gasteiger partial charge in [-0.15, -0.1) is 0 Å². The standard InChI is InChI=1S/C18H27NO/c1-5-15-6-8-16(9-7-15)18(20)14(4)19-11-10-17(12-19)13(2)3/h6-9,13-14,17H,5,10-12H2,1-4H3. The first-order valence-electron chi connectivity index (χ1n) is 7.90. The highest BCUT2D eigenvalue weighted by molar-refractivity contribution is 5.99. The van der Waals surface area contributed by atoms with Crippen molar-refractivity contribution in [3.05, 3.63) is 35.4 Å². The van der Waals surface area contributed by atoms with E-state index in [0.717, 1.165) is 31.0 Å². The lowest BCUT2D eigenvalue weighted by Crippen LogP contribution is -2.37. The zero-order valence-electron chi connectivity index (χ0n) is 13.2. The van der Waals surface area contributed by atoms with E-state index >= 15 is 0 Å². The van der Waals surface area contributed by atoms with Crippen LogP contribution >= 0.6 is 0 Å². The Morgan fingerprint density at radius 1 is 1.25 bits per heavy atom. The van der Waals surface area contributed by atoms with Crippen LogP contribution in [0.3, 0.4) is 0 Å². The highest BCUT2D eigenvalue weighted by Gasteiger charge is 2.31. The number of hydrogen-bond donors (Lipinski definition) is 0. The first-order chi connectivity index (χ1) is 9.52. The Morgan fingerprint density at radius 2 is 1.90 bits per heavy atom. The Balaban J connectivity index is 2.01. The van der Waals surface area contributed by atoms with Gasteiger partial charge in [-0.2, -0.15) is 0 Å². The van der Waals surface area contributed by atoms with Gasteiger partial charge in [0.2, 0.25) is 0 Å². The third kappa shape index (κ3) is 3.29. The number of carbonyl (C=O) groups excluding carboxylic acids is 1. The monoisotopic (exact) mass is 273 g/mol. The summed E-state index contributed by atoms with van der Waals surface area (Å²) in [4.78, 5) is 14.9. The van der Waals surface area contributed by atoms with Gasteiger partial charge in [0.05, 0.1) is 6.04 Å². The minimum Gasteiger partial charge on any atom is -0.293 e. The van der Waals surface area contributed by atoms with Gasteiger partial charge in [-0.25, -0.2) is 0 Å². The number of rotatable bonds is 5. The van der Waals surface area contributed by atoms with Crippen LogP contribution in [0.5, 0.6) is 0 Å². The summed E-state index contributed by atoms with van der Waals surface area (Å²) in [5.74, 6) is 1.72. The van der Waals surface area contributed by atoms with Gasteiger partial charge in [0.25, 0.3) is 0 Å². The second-order valence-corrected chi connectivity index (χ2v) is 6.38. The molecule has 0 aromatic heterocycles. The summed E-state index contributed by atoms with van der Waals surface area (Å²) in [6.07, 6.45) is 2.25. The molecule has 2 nitrogen and oxygen atoms in total. The van der Waals surface area contributed by atoms with E-state index in [1.807, 2.05) is 12.1 Å². The zero-order valence-corrected chi connectivity index (χ0v) is 13.2. The smallest absolute Gasteiger partial charge is 0.179 e. The van der Waals surface area contributed by atoms with Crippen molar-refractivity contribution in [2.75, 3.05) is 13.1 Å². The molecule has 1 aromatic carbocycles. The van der Waals surface area contributed by atoms with Gasteiger partial charge in [-0.05, 0) is 43.7 Å². The van der Waals surface area contributed by atoms with Gasteiger partial charge in [0, 0.05) is 12.1 Å². The summed E-state index contributed by atoms with van der Waals surface area (Å²) in [5, 5.41) is 0. The fraction of sp³-hybridized carbons (Fsp3) is 0.611. The maximum absolute atomic E-state index is 12.6. The SMILES string of the molecule is CCc1ccc(C(=O)C(C)N2CCC(C(C)C)C2)cc1. The maximum Gasteiger partial charge on any atom is 0.179 e. The molecule has 0 aliphatic carbocycles. The van der Waals surface area contributed by atoms with Crippen molar-refractivity contribution < 1.29 is 4.79 Å². The summed E-state index contributed by atoms with van der Waals surface area (Å²) in [6.45, 7) is 10.9. The molecule has 2 heteroatoms. The van der Waals surface area contributed by atoms with Crippen LogP contribution in [0.2, 0.25) is 0 Å². The van der Waals surface area contributed by atoms with Gasteiger partial charge in [-0.3, -0.25) is 9.69 Å². The molecule has 1 heterocycles. The maximum atomic E-state index is 12.6. The molecule has 2 unspecified atom stereocenters. The molecule has 1 fully saturated rings. The number of likely N-dealkylation sites (tertiary alicyclic amines) is 1. The second kappa shape index (κ2) is 6.53. The highest BCUT2D eigenvalue weighted by atomic mass is 16.1. The average molecular weight is 273 g/mol. The molecule has 2 atom stereocenters. The molecule has 0 amide bonds. The van der Waals surface area contributed by atoms with E-state index in [1.54, 1.807) is 0 Å². The fourth-order valence-corrected chi connectivity index (χ4v) is 3.02. The average Bonchev–Trinajstić information content (AvgIpc) is 2.96. The van der Waals surface area contributed by atoms with Crippen LogP contribution in [0.15, 0.2) is 24.3 Å². The van der Waals surface area contributed by atoms with E-state index < -0.39 is 0 Å². The number of Topliss-reactive ketones (excluding diaryl/α,β-unsaturated/α-hetero) is 1. The molecule has 1 saturated heterocycles. The molecule has 0 radical (unpaired) electrons. The molecule has 20 heavy (non-hydrogen) atoms. The largest absolute Gasteiger partial charge is 0.293 e. The summed E-state index contributed by atoms with van der Waals surface area (Å²) < 4.78 is 0. The van der Waals surface area contributed by atoms with Crippen LogP contribution in [0.25, 0.3) is 0 Å². The summed E-state index contributed by atoms with van der Waals surface area (Å²) >= 11 is 0. The molecule has 1 aromatic rings. The summed E-state index contributed by atoms with van der Waals surface area (Å²) in [6, 6.07) is 8.11. The predicted octanol–water partition coefficient (Wildman–Crippen LogP) is 3.80. The normalized spacial score (nSPS) is 21.4. The number of nitrogens with zero attached hydrogens (tertiary/aromatic N) is 1. The summed E-state index contributed by atoms with van der Waals surface area (Å²) in [7, 11) is 0. The molecule has 0 saturated carbocycles. The van der Waals surface area contributed by atoms with E-state index in [0.29, 0.717) is 5.92 Å². The van der Waals surface area contributed by atoms with Crippen LogP contribution in [-0.4, -0.2) is 29.8 Å². The van der Waals surface area contributed by atoms with Crippen LogP contribution in [-0.2, 0) is 6.42 Å². The van der Waals surface area contributed by atoms with Crippen molar-refractivity contribution in [2.45, 2.75) is 46.6 Å². The van der Waals surface area contributed by atoms with E-state index in [2.05, 4.69) is 44.7 Å². The topological polar surface area (TPSA) is 20.3 Å². The van der Waals surface area contributed by atoms with Crippen molar-refractivity contribution in [3.8, 4) is 0 Å². The van der Waals surface area contributed by atoms with Crippen molar-refractivity contribution in [3.63, 3.8) is 0 Å². The fourth-order valence-electron chi connectivity index (χ4n) is 3.02.